The third-order valence-corrected chi connectivity index (χ3v) is 1.44. The molecule has 0 aliphatic rings. The van der Waals surface area contributed by atoms with Crippen molar-refractivity contribution in [3.63, 3.8) is 0 Å². The fourth-order valence-electron chi connectivity index (χ4n) is 0.856. The first-order valence-corrected chi connectivity index (χ1v) is 7.87. The zero-order chi connectivity index (χ0) is 15.7. The van der Waals surface area contributed by atoms with Gasteiger partial charge in [0.25, 0.3) is 0 Å². The number of nitrogens with two attached hydrogens (primary N) is 1. The van der Waals surface area contributed by atoms with Crippen molar-refractivity contribution in [3.8, 4) is 0 Å². The molecule has 0 fully saturated rings. The fourth-order valence-corrected chi connectivity index (χ4v) is 0.856. The average Bonchev–Trinajstić information content (AvgIpc) is 2.13. The molecule has 0 atom stereocenters. The molecule has 9 nitrogen and oxygen atoms in total. The smallest absolute Gasteiger partial charge is 0.399 e. The van der Waals surface area contributed by atoms with Gasteiger partial charge in [0.15, 0.2) is 0 Å². The van der Waals surface area contributed by atoms with Gasteiger partial charge in [-0.05, 0) is 18.1 Å². The second kappa shape index (κ2) is 9.19. The Morgan fingerprint density at radius 2 is 1.26 bits per heavy atom. The minimum atomic E-state index is -4.64. The van der Waals surface area contributed by atoms with Gasteiger partial charge in [-0.25, -0.2) is 9.13 Å². The zero-order valence-corrected chi connectivity index (χ0v) is 11.8. The van der Waals surface area contributed by atoms with Crippen LogP contribution in [0.4, 0.5) is 5.69 Å². The number of hydrogen-bond acceptors (Lipinski definition) is 3. The standard InChI is InChI=1S/C8H11N.2H3O4P/c1-2-7-5-3-4-6-8(7)9;2*1-5(2,3)4/h3-6H,2,9H2,1H3;2*(H3,1,2,3,4). The summed E-state index contributed by atoms with van der Waals surface area (Å²) in [5.41, 5.74) is 7.77. The van der Waals surface area contributed by atoms with Crippen molar-refractivity contribution in [2.24, 2.45) is 0 Å². The van der Waals surface area contributed by atoms with E-state index in [4.69, 9.17) is 44.2 Å². The largest absolute Gasteiger partial charge is 0.466 e. The molecule has 0 spiro atoms. The van der Waals surface area contributed by atoms with Crippen molar-refractivity contribution in [2.75, 3.05) is 5.73 Å². The van der Waals surface area contributed by atoms with Gasteiger partial charge in [0.2, 0.25) is 0 Å². The summed E-state index contributed by atoms with van der Waals surface area (Å²) in [7, 11) is -9.28. The summed E-state index contributed by atoms with van der Waals surface area (Å²) in [6.07, 6.45) is 1.02. The zero-order valence-electron chi connectivity index (χ0n) is 9.99. The van der Waals surface area contributed by atoms with Gasteiger partial charge < -0.3 is 35.1 Å². The maximum atomic E-state index is 8.88. The van der Waals surface area contributed by atoms with E-state index in [1.54, 1.807) is 0 Å². The fraction of sp³-hybridized carbons (Fsp3) is 0.250. The van der Waals surface area contributed by atoms with Crippen LogP contribution in [0, 0.1) is 0 Å². The lowest BCUT2D eigenvalue weighted by molar-refractivity contribution is 0.272. The summed E-state index contributed by atoms with van der Waals surface area (Å²) in [6.45, 7) is 2.10. The highest BCUT2D eigenvalue weighted by Gasteiger charge is 2.00. The van der Waals surface area contributed by atoms with E-state index in [1.807, 2.05) is 18.2 Å². The van der Waals surface area contributed by atoms with E-state index < -0.39 is 15.6 Å². The van der Waals surface area contributed by atoms with E-state index in [9.17, 15) is 0 Å². The molecule has 8 N–H and O–H groups in total. The number of hydrogen-bond donors (Lipinski definition) is 7. The maximum absolute atomic E-state index is 8.88. The molecule has 11 heteroatoms. The summed E-state index contributed by atoms with van der Waals surface area (Å²) in [6, 6.07) is 7.94. The molecular weight excluding hydrogens is 300 g/mol. The Balaban J connectivity index is 0. The number of benzene rings is 1. The molecule has 0 aromatic heterocycles. The third kappa shape index (κ3) is 26.7. The van der Waals surface area contributed by atoms with E-state index >= 15 is 0 Å². The van der Waals surface area contributed by atoms with Crippen LogP contribution in [0.5, 0.6) is 0 Å². The van der Waals surface area contributed by atoms with Crippen LogP contribution in [0.15, 0.2) is 24.3 Å². The molecule has 1 aromatic carbocycles. The van der Waals surface area contributed by atoms with Crippen LogP contribution in [0.1, 0.15) is 12.5 Å². The van der Waals surface area contributed by atoms with Gasteiger partial charge in [-0.15, -0.1) is 0 Å². The molecule has 1 aromatic rings. The van der Waals surface area contributed by atoms with Crippen LogP contribution in [0.25, 0.3) is 0 Å². The van der Waals surface area contributed by atoms with Crippen LogP contribution in [0.3, 0.4) is 0 Å². The summed E-state index contributed by atoms with van der Waals surface area (Å²) >= 11 is 0. The van der Waals surface area contributed by atoms with Gasteiger partial charge >= 0.3 is 15.6 Å². The van der Waals surface area contributed by atoms with Gasteiger partial charge in [0.05, 0.1) is 0 Å². The maximum Gasteiger partial charge on any atom is 0.466 e. The first-order chi connectivity index (χ1) is 8.34. The summed E-state index contributed by atoms with van der Waals surface area (Å²) < 4.78 is 17.8. The lowest BCUT2D eigenvalue weighted by atomic mass is 10.1. The van der Waals surface area contributed by atoms with Crippen molar-refractivity contribution in [1.29, 1.82) is 0 Å². The molecule has 0 saturated heterocycles. The third-order valence-electron chi connectivity index (χ3n) is 1.44. The molecule has 0 aliphatic heterocycles. The van der Waals surface area contributed by atoms with Crippen molar-refractivity contribution >= 4 is 21.3 Å². The average molecular weight is 317 g/mol. The highest BCUT2D eigenvalue weighted by atomic mass is 31.2. The Kier molecular flexibility index (Phi) is 9.95. The minimum Gasteiger partial charge on any atom is -0.399 e. The molecular formula is C8H17NO8P2. The van der Waals surface area contributed by atoms with Gasteiger partial charge in [-0.1, -0.05) is 25.1 Å². The Bertz CT molecular complexity index is 417. The van der Waals surface area contributed by atoms with Crippen molar-refractivity contribution in [2.45, 2.75) is 13.3 Å². The number of phosphoric acid groups is 2. The van der Waals surface area contributed by atoms with Crippen molar-refractivity contribution in [1.82, 2.24) is 0 Å². The predicted molar refractivity (Wildman–Crippen MR) is 68.8 cm³/mol. The highest BCUT2D eigenvalue weighted by Crippen LogP contribution is 2.26. The molecule has 0 amide bonds. The lowest BCUT2D eigenvalue weighted by Gasteiger charge is -1.98. The van der Waals surface area contributed by atoms with Gasteiger partial charge in [-0.2, -0.15) is 0 Å². The Labute approximate surface area is 109 Å². The SMILES string of the molecule is CCc1ccccc1N.O=P(O)(O)O.O=P(O)(O)O. The van der Waals surface area contributed by atoms with Crippen LogP contribution in [-0.4, -0.2) is 29.4 Å². The first-order valence-electron chi connectivity index (χ1n) is 4.74. The van der Waals surface area contributed by atoms with Crippen LogP contribution < -0.4 is 5.73 Å². The van der Waals surface area contributed by atoms with Crippen LogP contribution >= 0.6 is 15.6 Å². The molecule has 1 rings (SSSR count). The molecule has 0 aliphatic carbocycles. The number of aryl methyl sites for hydroxylation is 1. The molecule has 0 saturated carbocycles. The quantitative estimate of drug-likeness (QED) is 0.276. The van der Waals surface area contributed by atoms with E-state index in [1.165, 1.54) is 5.56 Å². The van der Waals surface area contributed by atoms with E-state index in [-0.39, 0.29) is 0 Å². The van der Waals surface area contributed by atoms with Gasteiger partial charge in [0, 0.05) is 5.69 Å². The van der Waals surface area contributed by atoms with Gasteiger partial charge in [-0.3, -0.25) is 0 Å². The second-order valence-electron chi connectivity index (χ2n) is 3.08. The monoisotopic (exact) mass is 317 g/mol. The van der Waals surface area contributed by atoms with E-state index in [0.29, 0.717) is 0 Å². The molecule has 0 radical (unpaired) electrons. The molecule has 19 heavy (non-hydrogen) atoms. The lowest BCUT2D eigenvalue weighted by Crippen LogP contribution is -1.90. The summed E-state index contributed by atoms with van der Waals surface area (Å²) in [5, 5.41) is 0. The van der Waals surface area contributed by atoms with Crippen molar-refractivity contribution in [3.05, 3.63) is 29.8 Å². The molecule has 0 heterocycles. The van der Waals surface area contributed by atoms with Gasteiger partial charge in [0.1, 0.15) is 0 Å². The normalized spacial score (nSPS) is 10.7. The summed E-state index contributed by atoms with van der Waals surface area (Å²) in [5.74, 6) is 0. The van der Waals surface area contributed by atoms with E-state index in [0.717, 1.165) is 12.1 Å². The molecule has 0 bridgehead atoms. The number of rotatable bonds is 1. The summed E-state index contributed by atoms with van der Waals surface area (Å²) in [4.78, 5) is 43.1. The number of nitrogen functional groups attached to an aromatic ring is 1. The number of para-hydroxylation sites is 1. The van der Waals surface area contributed by atoms with E-state index in [2.05, 4.69) is 13.0 Å². The first kappa shape index (κ1) is 20.6. The second-order valence-corrected chi connectivity index (χ2v) is 5.13. The molecule has 0 unspecified atom stereocenters. The minimum absolute atomic E-state index is 0.903. The Morgan fingerprint density at radius 3 is 1.47 bits per heavy atom. The van der Waals surface area contributed by atoms with Crippen LogP contribution in [-0.2, 0) is 15.6 Å². The number of anilines is 1. The van der Waals surface area contributed by atoms with Crippen LogP contribution in [0.2, 0.25) is 0 Å². The molecule has 112 valence electrons. The Morgan fingerprint density at radius 1 is 0.947 bits per heavy atom. The Hall–Kier alpha value is -0.760. The predicted octanol–water partition coefficient (Wildman–Crippen LogP) is -0.0260. The van der Waals surface area contributed by atoms with Crippen molar-refractivity contribution < 1.29 is 38.5 Å². The topological polar surface area (TPSA) is 182 Å². The highest BCUT2D eigenvalue weighted by molar-refractivity contribution is 7.45.